The number of nitrogens with one attached hydrogen (secondary N) is 1. The second kappa shape index (κ2) is 8.01. The lowest BCUT2D eigenvalue weighted by molar-refractivity contribution is -0.137. The van der Waals surface area contributed by atoms with Crippen LogP contribution in [0.1, 0.15) is 18.1 Å². The van der Waals surface area contributed by atoms with E-state index in [1.165, 1.54) is 22.9 Å². The SMILES string of the molecule is Cc1ccc(-n2nnnc2SC(C)C(=O)Nc2ccccc2C(F)(F)F)cc1. The molecule has 1 atom stereocenters. The average molecular weight is 407 g/mol. The highest BCUT2D eigenvalue weighted by atomic mass is 32.2. The van der Waals surface area contributed by atoms with Crippen LogP contribution in [-0.2, 0) is 11.0 Å². The van der Waals surface area contributed by atoms with E-state index < -0.39 is 22.9 Å². The van der Waals surface area contributed by atoms with Crippen molar-refractivity contribution in [1.82, 2.24) is 20.2 Å². The van der Waals surface area contributed by atoms with Gasteiger partial charge in [0.15, 0.2) is 0 Å². The van der Waals surface area contributed by atoms with Gasteiger partial charge in [-0.05, 0) is 48.5 Å². The summed E-state index contributed by atoms with van der Waals surface area (Å²) in [7, 11) is 0. The van der Waals surface area contributed by atoms with Crippen molar-refractivity contribution >= 4 is 23.4 Å². The van der Waals surface area contributed by atoms with Crippen molar-refractivity contribution in [3.05, 3.63) is 59.7 Å². The number of hydrogen-bond acceptors (Lipinski definition) is 5. The quantitative estimate of drug-likeness (QED) is 0.645. The van der Waals surface area contributed by atoms with E-state index in [0.717, 1.165) is 23.4 Å². The van der Waals surface area contributed by atoms with Crippen LogP contribution in [0.2, 0.25) is 0 Å². The number of benzene rings is 2. The number of halogens is 3. The first-order valence-corrected chi connectivity index (χ1v) is 9.13. The Morgan fingerprint density at radius 3 is 2.50 bits per heavy atom. The number of para-hydroxylation sites is 1. The van der Waals surface area contributed by atoms with Crippen LogP contribution in [0.15, 0.2) is 53.7 Å². The largest absolute Gasteiger partial charge is 0.418 e. The molecule has 0 aliphatic rings. The molecule has 1 N–H and O–H groups in total. The zero-order chi connectivity index (χ0) is 20.3. The molecule has 1 aromatic heterocycles. The summed E-state index contributed by atoms with van der Waals surface area (Å²) in [5, 5.41) is 13.4. The first-order valence-electron chi connectivity index (χ1n) is 8.25. The third-order valence-electron chi connectivity index (χ3n) is 3.86. The standard InChI is InChI=1S/C18H16F3N5OS/c1-11-7-9-13(10-8-11)26-17(23-24-25-26)28-12(2)16(27)22-15-6-4-3-5-14(15)18(19,20)21/h3-10,12H,1-2H3,(H,22,27). The molecule has 0 spiro atoms. The van der Waals surface area contributed by atoms with Crippen molar-refractivity contribution < 1.29 is 18.0 Å². The van der Waals surface area contributed by atoms with E-state index in [1.54, 1.807) is 6.92 Å². The Bertz CT molecular complexity index is 972. The summed E-state index contributed by atoms with van der Waals surface area (Å²) in [6.07, 6.45) is -4.56. The smallest absolute Gasteiger partial charge is 0.325 e. The predicted molar refractivity (Wildman–Crippen MR) is 99.3 cm³/mol. The number of aryl methyl sites for hydroxylation is 1. The van der Waals surface area contributed by atoms with Crippen LogP contribution in [0.3, 0.4) is 0 Å². The lowest BCUT2D eigenvalue weighted by atomic mass is 10.1. The molecule has 0 saturated carbocycles. The van der Waals surface area contributed by atoms with E-state index in [-0.39, 0.29) is 5.69 Å². The molecule has 0 saturated heterocycles. The van der Waals surface area contributed by atoms with Gasteiger partial charge in [0.05, 0.1) is 22.2 Å². The number of carbonyl (C=O) groups excluding carboxylic acids is 1. The number of hydrogen-bond donors (Lipinski definition) is 1. The Morgan fingerprint density at radius 2 is 1.82 bits per heavy atom. The van der Waals surface area contributed by atoms with Gasteiger partial charge in [0.25, 0.3) is 0 Å². The molecule has 10 heteroatoms. The van der Waals surface area contributed by atoms with Crippen molar-refractivity contribution in [2.45, 2.75) is 30.4 Å². The molecule has 3 rings (SSSR count). The average Bonchev–Trinajstić information content (AvgIpc) is 3.10. The second-order valence-corrected chi connectivity index (χ2v) is 7.31. The maximum absolute atomic E-state index is 13.1. The molecule has 0 aliphatic heterocycles. The van der Waals surface area contributed by atoms with Gasteiger partial charge in [-0.1, -0.05) is 41.6 Å². The number of thioether (sulfide) groups is 1. The minimum atomic E-state index is -4.56. The van der Waals surface area contributed by atoms with E-state index in [4.69, 9.17) is 0 Å². The number of anilines is 1. The van der Waals surface area contributed by atoms with E-state index in [9.17, 15) is 18.0 Å². The molecular formula is C18H16F3N5OS. The Balaban J connectivity index is 1.75. The molecule has 146 valence electrons. The topological polar surface area (TPSA) is 72.7 Å². The maximum Gasteiger partial charge on any atom is 0.418 e. The van der Waals surface area contributed by atoms with Gasteiger partial charge in [0, 0.05) is 0 Å². The third-order valence-corrected chi connectivity index (χ3v) is 4.89. The Kier molecular flexibility index (Phi) is 5.68. The Hall–Kier alpha value is -2.88. The Labute approximate surface area is 163 Å². The maximum atomic E-state index is 13.1. The molecule has 0 bridgehead atoms. The van der Waals surface area contributed by atoms with Gasteiger partial charge in [-0.2, -0.15) is 17.9 Å². The van der Waals surface area contributed by atoms with Gasteiger partial charge in [-0.3, -0.25) is 4.79 Å². The molecule has 2 aromatic carbocycles. The van der Waals surface area contributed by atoms with Crippen molar-refractivity contribution in [3.63, 3.8) is 0 Å². The summed E-state index contributed by atoms with van der Waals surface area (Å²) >= 11 is 1.05. The fourth-order valence-corrected chi connectivity index (χ4v) is 3.19. The van der Waals surface area contributed by atoms with E-state index >= 15 is 0 Å². The van der Waals surface area contributed by atoms with Crippen molar-refractivity contribution in [1.29, 1.82) is 0 Å². The highest BCUT2D eigenvalue weighted by Gasteiger charge is 2.34. The highest BCUT2D eigenvalue weighted by Crippen LogP contribution is 2.35. The summed E-state index contributed by atoms with van der Waals surface area (Å²) in [5.41, 5.74) is 0.603. The number of nitrogens with zero attached hydrogens (tertiary/aromatic N) is 4. The summed E-state index contributed by atoms with van der Waals surface area (Å²) in [6, 6.07) is 12.3. The molecule has 6 nitrogen and oxygen atoms in total. The second-order valence-electron chi connectivity index (χ2n) is 6.00. The summed E-state index contributed by atoms with van der Waals surface area (Å²) in [5.74, 6) is -0.583. The predicted octanol–water partition coefficient (Wildman–Crippen LogP) is 4.11. The van der Waals surface area contributed by atoms with Crippen LogP contribution in [0.5, 0.6) is 0 Å². The first-order chi connectivity index (χ1) is 13.3. The monoisotopic (exact) mass is 407 g/mol. The van der Waals surface area contributed by atoms with Crippen molar-refractivity contribution in [2.24, 2.45) is 0 Å². The fraction of sp³-hybridized carbons (Fsp3) is 0.222. The van der Waals surface area contributed by atoms with Gasteiger partial charge in [0.1, 0.15) is 0 Å². The molecule has 0 fully saturated rings. The minimum Gasteiger partial charge on any atom is -0.325 e. The van der Waals surface area contributed by atoms with Crippen LogP contribution < -0.4 is 5.32 Å². The van der Waals surface area contributed by atoms with Crippen molar-refractivity contribution in [2.75, 3.05) is 5.32 Å². The fourth-order valence-electron chi connectivity index (χ4n) is 2.39. The summed E-state index contributed by atoms with van der Waals surface area (Å²) in [6.45, 7) is 3.52. The molecule has 0 radical (unpaired) electrons. The van der Waals surface area contributed by atoms with Crippen LogP contribution in [0.25, 0.3) is 5.69 Å². The normalized spacial score (nSPS) is 12.6. The third kappa shape index (κ3) is 4.50. The van der Waals surface area contributed by atoms with Crippen LogP contribution in [-0.4, -0.2) is 31.4 Å². The molecule has 1 amide bonds. The lowest BCUT2D eigenvalue weighted by Crippen LogP contribution is -2.24. The number of aromatic nitrogens is 4. The lowest BCUT2D eigenvalue weighted by Gasteiger charge is -2.16. The van der Waals surface area contributed by atoms with Crippen molar-refractivity contribution in [3.8, 4) is 5.69 Å². The highest BCUT2D eigenvalue weighted by molar-refractivity contribution is 8.00. The molecule has 1 unspecified atom stereocenters. The van der Waals surface area contributed by atoms with Gasteiger partial charge in [-0.15, -0.1) is 5.10 Å². The molecule has 0 aliphatic carbocycles. The number of rotatable bonds is 5. The molecule has 1 heterocycles. The van der Waals surface area contributed by atoms with Gasteiger partial charge < -0.3 is 5.32 Å². The molecular weight excluding hydrogens is 391 g/mol. The van der Waals surface area contributed by atoms with E-state index in [1.807, 2.05) is 31.2 Å². The number of carbonyl (C=O) groups is 1. The first kappa shape index (κ1) is 19.9. The molecule has 28 heavy (non-hydrogen) atoms. The minimum absolute atomic E-state index is 0.287. The van der Waals surface area contributed by atoms with E-state index in [0.29, 0.717) is 10.8 Å². The van der Waals surface area contributed by atoms with Gasteiger partial charge in [0.2, 0.25) is 11.1 Å². The zero-order valence-electron chi connectivity index (χ0n) is 14.9. The van der Waals surface area contributed by atoms with E-state index in [2.05, 4.69) is 20.8 Å². The summed E-state index contributed by atoms with van der Waals surface area (Å²) < 4.78 is 40.7. The van der Waals surface area contributed by atoms with Gasteiger partial charge >= 0.3 is 6.18 Å². The van der Waals surface area contributed by atoms with Crippen LogP contribution in [0, 0.1) is 6.92 Å². The zero-order valence-corrected chi connectivity index (χ0v) is 15.8. The van der Waals surface area contributed by atoms with Gasteiger partial charge in [-0.25, -0.2) is 0 Å². The number of tetrazole rings is 1. The number of amides is 1. The van der Waals surface area contributed by atoms with Crippen LogP contribution in [0.4, 0.5) is 18.9 Å². The van der Waals surface area contributed by atoms with Crippen LogP contribution >= 0.6 is 11.8 Å². The number of alkyl halides is 3. The summed E-state index contributed by atoms with van der Waals surface area (Å²) in [4.78, 5) is 12.4. The Morgan fingerprint density at radius 1 is 1.14 bits per heavy atom. The molecule has 3 aromatic rings.